The van der Waals surface area contributed by atoms with Gasteiger partial charge in [0.2, 0.25) is 0 Å². The maximum absolute atomic E-state index is 12.3. The second-order valence-corrected chi connectivity index (χ2v) is 16.9. The molecule has 4 heteroatoms. The fourth-order valence-corrected chi connectivity index (χ4v) is 7.36. The van der Waals surface area contributed by atoms with Gasteiger partial charge in [0.15, 0.2) is 0 Å². The van der Waals surface area contributed by atoms with Crippen molar-refractivity contribution in [1.82, 2.24) is 0 Å². The maximum Gasteiger partial charge on any atom is 0.306 e. The van der Waals surface area contributed by atoms with Crippen LogP contribution in [-0.4, -0.2) is 37.0 Å². The topological polar surface area (TPSA) is 55.8 Å². The average Bonchev–Trinajstić information content (AvgIpc) is 3.23. The number of unbranched alkanes of at least 4 members (excludes halogenated alkanes) is 29. The smallest absolute Gasteiger partial charge is 0.306 e. The van der Waals surface area contributed by atoms with E-state index < -0.39 is 6.10 Å². The number of aliphatic hydroxyl groups excluding tert-OH is 1. The minimum absolute atomic E-state index is 0.173. The lowest BCUT2D eigenvalue weighted by Crippen LogP contribution is -2.27. The molecule has 0 spiro atoms. The number of aliphatic hydroxyl groups is 1. The minimum atomic E-state index is -0.539. The molecule has 0 saturated carbocycles. The molecule has 0 aromatic heterocycles. The Morgan fingerprint density at radius 1 is 0.431 bits per heavy atom. The highest BCUT2D eigenvalue weighted by molar-refractivity contribution is 5.69. The fraction of sp³-hybridized carbons (Fsp3) is 0.796. The summed E-state index contributed by atoms with van der Waals surface area (Å²) in [7, 11) is 0. The third kappa shape index (κ3) is 48.5. The van der Waals surface area contributed by atoms with E-state index in [1.54, 1.807) is 0 Å². The minimum Gasteiger partial charge on any atom is -0.457 e. The summed E-state index contributed by atoms with van der Waals surface area (Å²) in [5.74, 6) is -0.204. The molecule has 0 saturated heterocycles. The van der Waals surface area contributed by atoms with Crippen molar-refractivity contribution in [1.29, 1.82) is 0 Å². The molecule has 0 aromatic rings. The van der Waals surface area contributed by atoms with Gasteiger partial charge in [-0.3, -0.25) is 4.79 Å². The Bertz CT molecular complexity index is 947. The monoisotopic (exact) mass is 811 g/mol. The molecule has 0 rings (SSSR count). The molecule has 1 atom stereocenters. The van der Waals surface area contributed by atoms with Crippen LogP contribution in [0.15, 0.2) is 60.8 Å². The molecule has 338 valence electrons. The Hall–Kier alpha value is -1.91. The molecular weight excluding hydrogens is 713 g/mol. The Labute approximate surface area is 362 Å². The first-order valence-corrected chi connectivity index (χ1v) is 25.4. The molecule has 0 heterocycles. The molecular formula is C54H98O4. The first-order chi connectivity index (χ1) is 28.7. The summed E-state index contributed by atoms with van der Waals surface area (Å²) < 4.78 is 11.2. The average molecular weight is 811 g/mol. The van der Waals surface area contributed by atoms with E-state index in [9.17, 15) is 9.90 Å². The summed E-state index contributed by atoms with van der Waals surface area (Å²) in [6, 6.07) is 0. The summed E-state index contributed by atoms with van der Waals surface area (Å²) in [6.45, 7) is 5.26. The Balaban J connectivity index is 3.42. The van der Waals surface area contributed by atoms with E-state index in [-0.39, 0.29) is 12.6 Å². The normalized spacial score (nSPS) is 12.8. The van der Waals surface area contributed by atoms with Crippen LogP contribution in [0.2, 0.25) is 0 Å². The van der Waals surface area contributed by atoms with Crippen LogP contribution in [0, 0.1) is 0 Å². The summed E-state index contributed by atoms with van der Waals surface area (Å²) in [5, 5.41) is 9.65. The van der Waals surface area contributed by atoms with Crippen LogP contribution in [-0.2, 0) is 14.3 Å². The number of ether oxygens (including phenoxy) is 2. The van der Waals surface area contributed by atoms with Crippen LogP contribution in [0.3, 0.4) is 0 Å². The molecule has 0 aromatic carbocycles. The Morgan fingerprint density at radius 3 is 1.17 bits per heavy atom. The predicted octanol–water partition coefficient (Wildman–Crippen LogP) is 17.2. The largest absolute Gasteiger partial charge is 0.457 e. The van der Waals surface area contributed by atoms with Crippen molar-refractivity contribution in [3.05, 3.63) is 60.8 Å². The van der Waals surface area contributed by atoms with Crippen LogP contribution in [0.4, 0.5) is 0 Å². The third-order valence-electron chi connectivity index (χ3n) is 11.1. The number of hydrogen-bond acceptors (Lipinski definition) is 4. The molecule has 0 radical (unpaired) electrons. The first kappa shape index (κ1) is 56.1. The van der Waals surface area contributed by atoms with Crippen molar-refractivity contribution in [2.45, 2.75) is 258 Å². The summed E-state index contributed by atoms with van der Waals surface area (Å²) in [6.07, 6.45) is 68.8. The van der Waals surface area contributed by atoms with E-state index in [0.29, 0.717) is 19.6 Å². The van der Waals surface area contributed by atoms with Gasteiger partial charge >= 0.3 is 5.97 Å². The van der Waals surface area contributed by atoms with Crippen molar-refractivity contribution in [3.8, 4) is 0 Å². The second-order valence-electron chi connectivity index (χ2n) is 16.9. The molecule has 1 unspecified atom stereocenters. The standard InChI is InChI=1S/C54H98O4/c1-3-5-7-9-11-13-15-17-19-21-23-25-26-27-28-29-31-33-35-37-39-41-43-45-47-49-54(56)58-53(51-55)52-57-50-48-46-44-42-40-38-36-34-32-30-24-22-20-18-16-14-12-10-8-6-4-2/h5,7,11,13,17,19,23,25,27-28,53,55H,3-4,6,8-10,12,14-16,18,20-22,24,26,29-52H2,1-2H3/b7-5-,13-11-,19-17-,25-23-,28-27-. The molecule has 4 nitrogen and oxygen atoms in total. The highest BCUT2D eigenvalue weighted by atomic mass is 16.6. The van der Waals surface area contributed by atoms with E-state index in [1.807, 2.05) is 0 Å². The Kier molecular flexibility index (Phi) is 49.5. The van der Waals surface area contributed by atoms with Gasteiger partial charge in [-0.1, -0.05) is 248 Å². The summed E-state index contributed by atoms with van der Waals surface area (Å²) in [5.41, 5.74) is 0. The van der Waals surface area contributed by atoms with E-state index in [4.69, 9.17) is 9.47 Å². The van der Waals surface area contributed by atoms with Crippen molar-refractivity contribution in [2.75, 3.05) is 19.8 Å². The summed E-state index contributed by atoms with van der Waals surface area (Å²) >= 11 is 0. The third-order valence-corrected chi connectivity index (χ3v) is 11.1. The van der Waals surface area contributed by atoms with E-state index in [1.165, 1.54) is 180 Å². The molecule has 0 bridgehead atoms. The number of hydrogen-bond donors (Lipinski definition) is 1. The molecule has 0 aliphatic carbocycles. The Morgan fingerprint density at radius 2 is 0.776 bits per heavy atom. The first-order valence-electron chi connectivity index (χ1n) is 25.4. The van der Waals surface area contributed by atoms with Gasteiger partial charge in [-0.25, -0.2) is 0 Å². The zero-order chi connectivity index (χ0) is 41.9. The number of rotatable bonds is 47. The van der Waals surface area contributed by atoms with Crippen molar-refractivity contribution >= 4 is 5.97 Å². The predicted molar refractivity (Wildman–Crippen MR) is 256 cm³/mol. The molecule has 0 aliphatic heterocycles. The van der Waals surface area contributed by atoms with Crippen molar-refractivity contribution in [3.63, 3.8) is 0 Å². The maximum atomic E-state index is 12.3. The molecule has 0 amide bonds. The van der Waals surface area contributed by atoms with Gasteiger partial charge in [0.1, 0.15) is 6.10 Å². The van der Waals surface area contributed by atoms with Gasteiger partial charge < -0.3 is 14.6 Å². The quantitative estimate of drug-likeness (QED) is 0.0378. The zero-order valence-corrected chi connectivity index (χ0v) is 38.8. The van der Waals surface area contributed by atoms with Crippen molar-refractivity contribution < 1.29 is 19.4 Å². The number of carbonyl (C=O) groups excluding carboxylic acids is 1. The van der Waals surface area contributed by atoms with E-state index in [2.05, 4.69) is 74.6 Å². The van der Waals surface area contributed by atoms with Gasteiger partial charge in [-0.2, -0.15) is 0 Å². The highest BCUT2D eigenvalue weighted by Gasteiger charge is 2.13. The zero-order valence-electron chi connectivity index (χ0n) is 38.8. The SMILES string of the molecule is CC/C=C\C/C=C\C/C=C\C/C=C\C/C=C\CCCCCCCCCCCC(=O)OC(CO)COCCCCCCCCCCCCCCCCCCCCCCC. The van der Waals surface area contributed by atoms with E-state index in [0.717, 1.165) is 51.4 Å². The number of allylic oxidation sites excluding steroid dienone is 10. The van der Waals surface area contributed by atoms with E-state index >= 15 is 0 Å². The lowest BCUT2D eigenvalue weighted by Gasteiger charge is -2.16. The van der Waals surface area contributed by atoms with Crippen LogP contribution < -0.4 is 0 Å². The van der Waals surface area contributed by atoms with Crippen LogP contribution in [0.1, 0.15) is 251 Å². The lowest BCUT2D eigenvalue weighted by atomic mass is 10.0. The van der Waals surface area contributed by atoms with Crippen molar-refractivity contribution in [2.24, 2.45) is 0 Å². The van der Waals surface area contributed by atoms with Gasteiger partial charge in [-0.05, 0) is 57.8 Å². The molecule has 0 fully saturated rings. The van der Waals surface area contributed by atoms with Gasteiger partial charge in [0.05, 0.1) is 13.2 Å². The molecule has 0 aliphatic rings. The van der Waals surface area contributed by atoms with Crippen LogP contribution in [0.5, 0.6) is 0 Å². The lowest BCUT2D eigenvalue weighted by molar-refractivity contribution is -0.154. The fourth-order valence-electron chi connectivity index (χ4n) is 7.36. The molecule has 58 heavy (non-hydrogen) atoms. The summed E-state index contributed by atoms with van der Waals surface area (Å²) in [4.78, 5) is 12.3. The van der Waals surface area contributed by atoms with Crippen LogP contribution >= 0.6 is 0 Å². The van der Waals surface area contributed by atoms with Gasteiger partial charge in [-0.15, -0.1) is 0 Å². The highest BCUT2D eigenvalue weighted by Crippen LogP contribution is 2.16. The second kappa shape index (κ2) is 51.2. The number of carbonyl (C=O) groups is 1. The molecule has 1 N–H and O–H groups in total. The van der Waals surface area contributed by atoms with Gasteiger partial charge in [0, 0.05) is 13.0 Å². The van der Waals surface area contributed by atoms with Gasteiger partial charge in [0.25, 0.3) is 0 Å². The van der Waals surface area contributed by atoms with Crippen LogP contribution in [0.25, 0.3) is 0 Å². The number of esters is 1.